The Bertz CT molecular complexity index is 1390. The second-order valence-corrected chi connectivity index (χ2v) is 10.2. The van der Waals surface area contributed by atoms with Crippen LogP contribution in [0.5, 0.6) is 0 Å². The normalized spacial score (nSPS) is 16.6. The molecule has 0 spiro atoms. The highest BCUT2D eigenvalue weighted by molar-refractivity contribution is 8.05. The predicted molar refractivity (Wildman–Crippen MR) is 147 cm³/mol. The van der Waals surface area contributed by atoms with Crippen molar-refractivity contribution >= 4 is 35.0 Å². The van der Waals surface area contributed by atoms with Crippen LogP contribution >= 0.6 is 11.8 Å². The van der Waals surface area contributed by atoms with Crippen LogP contribution in [-0.4, -0.2) is 17.1 Å². The number of rotatable bonds is 6. The molecule has 4 rings (SSSR count). The smallest absolute Gasteiger partial charge is 0.269 e. The zero-order chi connectivity index (χ0) is 25.8. The topological polar surface area (TPSA) is 73.2 Å². The highest BCUT2D eigenvalue weighted by Gasteiger charge is 2.40. The minimum absolute atomic E-state index is 0.0706. The Labute approximate surface area is 216 Å². The number of nitrogens with zero attached hydrogens (tertiary/aromatic N) is 2. The van der Waals surface area contributed by atoms with E-state index in [2.05, 4.69) is 44.3 Å². The van der Waals surface area contributed by atoms with E-state index >= 15 is 0 Å². The van der Waals surface area contributed by atoms with Gasteiger partial charge in [0.15, 0.2) is 0 Å². The standard InChI is InChI=1S/C30H29N3O2S/c1-5-22-12-14-24(15-13-22)33-29(35)27(17-23-11-10-19(2)21(4)16-23)36-30(33)25(18-31)28(34)32-26-9-7-6-8-20(26)3/h6-16,27H,5,17H2,1-4H3,(H,32,34)/b30-25-. The molecule has 3 aromatic carbocycles. The molecular weight excluding hydrogens is 466 g/mol. The number of hydrogen-bond acceptors (Lipinski definition) is 4. The summed E-state index contributed by atoms with van der Waals surface area (Å²) in [5, 5.41) is 12.8. The molecule has 1 atom stereocenters. The SMILES string of the molecule is CCc1ccc(N2C(=O)C(Cc3ccc(C)c(C)c3)S/C2=C(/C#N)C(=O)Nc2ccccc2C)cc1. The Hall–Kier alpha value is -3.82. The average molecular weight is 496 g/mol. The van der Waals surface area contributed by atoms with Crippen LogP contribution < -0.4 is 10.2 Å². The van der Waals surface area contributed by atoms with Crippen molar-refractivity contribution in [2.24, 2.45) is 0 Å². The number of carbonyl (C=O) groups excluding carboxylic acids is 2. The summed E-state index contributed by atoms with van der Waals surface area (Å²) in [6.07, 6.45) is 1.39. The molecule has 1 heterocycles. The van der Waals surface area contributed by atoms with Gasteiger partial charge in [-0.1, -0.05) is 67.2 Å². The number of aryl methyl sites for hydroxylation is 4. The summed E-state index contributed by atoms with van der Waals surface area (Å²) < 4.78 is 0. The monoisotopic (exact) mass is 495 g/mol. The van der Waals surface area contributed by atoms with E-state index in [9.17, 15) is 14.9 Å². The Morgan fingerprint density at radius 3 is 2.31 bits per heavy atom. The van der Waals surface area contributed by atoms with Crippen LogP contribution in [0.25, 0.3) is 0 Å². The molecule has 1 aliphatic heterocycles. The lowest BCUT2D eigenvalue weighted by Crippen LogP contribution is -2.31. The summed E-state index contributed by atoms with van der Waals surface area (Å²) in [7, 11) is 0. The lowest BCUT2D eigenvalue weighted by Gasteiger charge is -2.19. The minimum Gasteiger partial charge on any atom is -0.321 e. The van der Waals surface area contributed by atoms with E-state index in [1.54, 1.807) is 6.07 Å². The Morgan fingerprint density at radius 2 is 1.67 bits per heavy atom. The Kier molecular flexibility index (Phi) is 7.61. The molecule has 36 heavy (non-hydrogen) atoms. The van der Waals surface area contributed by atoms with E-state index in [0.717, 1.165) is 23.1 Å². The van der Waals surface area contributed by atoms with Gasteiger partial charge in [0.05, 0.1) is 5.25 Å². The van der Waals surface area contributed by atoms with Crippen molar-refractivity contribution < 1.29 is 9.59 Å². The first-order chi connectivity index (χ1) is 17.3. The van der Waals surface area contributed by atoms with Gasteiger partial charge in [0.2, 0.25) is 5.91 Å². The maximum absolute atomic E-state index is 13.7. The van der Waals surface area contributed by atoms with Crippen molar-refractivity contribution in [3.05, 3.63) is 105 Å². The lowest BCUT2D eigenvalue weighted by atomic mass is 10.0. The molecule has 0 bridgehead atoms. The molecular formula is C30H29N3O2S. The van der Waals surface area contributed by atoms with Gasteiger partial charge in [-0.25, -0.2) is 0 Å². The molecule has 0 aromatic heterocycles. The summed E-state index contributed by atoms with van der Waals surface area (Å²) in [4.78, 5) is 28.5. The van der Waals surface area contributed by atoms with Gasteiger partial charge in [0, 0.05) is 11.4 Å². The van der Waals surface area contributed by atoms with Gasteiger partial charge < -0.3 is 5.32 Å². The Morgan fingerprint density at radius 1 is 0.972 bits per heavy atom. The molecule has 1 aliphatic rings. The number of nitriles is 1. The van der Waals surface area contributed by atoms with E-state index in [-0.39, 0.29) is 11.5 Å². The molecule has 5 nitrogen and oxygen atoms in total. The van der Waals surface area contributed by atoms with Crippen LogP contribution in [0.3, 0.4) is 0 Å². The third-order valence-corrected chi connectivity index (χ3v) is 7.76. The summed E-state index contributed by atoms with van der Waals surface area (Å²) in [5.41, 5.74) is 6.67. The summed E-state index contributed by atoms with van der Waals surface area (Å²) in [6.45, 7) is 8.08. The second-order valence-electron chi connectivity index (χ2n) is 8.98. The van der Waals surface area contributed by atoms with Crippen LogP contribution in [0.15, 0.2) is 77.3 Å². The zero-order valence-electron chi connectivity index (χ0n) is 21.0. The van der Waals surface area contributed by atoms with Crippen molar-refractivity contribution in [3.8, 4) is 6.07 Å². The number of amides is 2. The average Bonchev–Trinajstić information content (AvgIpc) is 3.18. The van der Waals surface area contributed by atoms with Crippen molar-refractivity contribution in [2.45, 2.75) is 45.8 Å². The first-order valence-electron chi connectivity index (χ1n) is 12.0. The second kappa shape index (κ2) is 10.8. The molecule has 0 aliphatic carbocycles. The molecule has 2 amide bonds. The molecule has 6 heteroatoms. The number of thioether (sulfide) groups is 1. The summed E-state index contributed by atoms with van der Waals surface area (Å²) in [5.74, 6) is -0.655. The number of carbonyl (C=O) groups is 2. The fourth-order valence-corrected chi connectivity index (χ4v) is 5.45. The molecule has 3 aromatic rings. The van der Waals surface area contributed by atoms with Gasteiger partial charge in [-0.2, -0.15) is 5.26 Å². The number of hydrogen-bond donors (Lipinski definition) is 1. The van der Waals surface area contributed by atoms with E-state index in [4.69, 9.17) is 0 Å². The van der Waals surface area contributed by atoms with Crippen LogP contribution in [0.1, 0.15) is 34.7 Å². The van der Waals surface area contributed by atoms with Gasteiger partial charge in [0.25, 0.3) is 5.91 Å². The third-order valence-electron chi connectivity index (χ3n) is 6.49. The Balaban J connectivity index is 1.74. The van der Waals surface area contributed by atoms with Gasteiger partial charge >= 0.3 is 0 Å². The fourth-order valence-electron chi connectivity index (χ4n) is 4.15. The van der Waals surface area contributed by atoms with Crippen molar-refractivity contribution in [1.82, 2.24) is 0 Å². The number of para-hydroxylation sites is 1. The molecule has 182 valence electrons. The van der Waals surface area contributed by atoms with Crippen molar-refractivity contribution in [2.75, 3.05) is 10.2 Å². The number of benzene rings is 3. The fraction of sp³-hybridized carbons (Fsp3) is 0.233. The molecule has 1 fully saturated rings. The van der Waals surface area contributed by atoms with E-state index in [0.29, 0.717) is 22.8 Å². The predicted octanol–water partition coefficient (Wildman–Crippen LogP) is 6.24. The zero-order valence-corrected chi connectivity index (χ0v) is 21.8. The summed E-state index contributed by atoms with van der Waals surface area (Å²) >= 11 is 1.29. The van der Waals surface area contributed by atoms with Crippen LogP contribution in [0, 0.1) is 32.1 Å². The van der Waals surface area contributed by atoms with Gasteiger partial charge in [0.1, 0.15) is 16.7 Å². The minimum atomic E-state index is -0.524. The molecule has 1 saturated heterocycles. The van der Waals surface area contributed by atoms with Gasteiger partial charge in [-0.3, -0.25) is 14.5 Å². The molecule has 1 unspecified atom stereocenters. The molecule has 1 N–H and O–H groups in total. The van der Waals surface area contributed by atoms with E-state index < -0.39 is 11.2 Å². The largest absolute Gasteiger partial charge is 0.321 e. The lowest BCUT2D eigenvalue weighted by molar-refractivity contribution is -0.117. The molecule has 0 radical (unpaired) electrons. The van der Waals surface area contributed by atoms with Gasteiger partial charge in [-0.15, -0.1) is 0 Å². The van der Waals surface area contributed by atoms with E-state index in [1.807, 2.05) is 55.5 Å². The van der Waals surface area contributed by atoms with Crippen molar-refractivity contribution in [3.63, 3.8) is 0 Å². The number of anilines is 2. The first-order valence-corrected chi connectivity index (χ1v) is 12.9. The number of nitrogens with one attached hydrogen (secondary N) is 1. The van der Waals surface area contributed by atoms with Crippen LogP contribution in [0.2, 0.25) is 0 Å². The maximum atomic E-state index is 13.7. The van der Waals surface area contributed by atoms with Gasteiger partial charge in [-0.05, 0) is 79.6 Å². The van der Waals surface area contributed by atoms with E-state index in [1.165, 1.54) is 27.8 Å². The van der Waals surface area contributed by atoms with Crippen LogP contribution in [0.4, 0.5) is 11.4 Å². The summed E-state index contributed by atoms with van der Waals surface area (Å²) in [6, 6.07) is 23.4. The highest BCUT2D eigenvalue weighted by Crippen LogP contribution is 2.42. The van der Waals surface area contributed by atoms with Crippen LogP contribution in [-0.2, 0) is 22.4 Å². The maximum Gasteiger partial charge on any atom is 0.269 e. The first kappa shape index (κ1) is 25.3. The molecule has 0 saturated carbocycles. The quantitative estimate of drug-likeness (QED) is 0.325. The third kappa shape index (κ3) is 5.22. The highest BCUT2D eigenvalue weighted by atomic mass is 32.2. The van der Waals surface area contributed by atoms with Crippen molar-refractivity contribution in [1.29, 1.82) is 5.26 Å².